The lowest BCUT2D eigenvalue weighted by molar-refractivity contribution is -0.137. The van der Waals surface area contributed by atoms with Gasteiger partial charge in [0.05, 0.1) is 6.42 Å². The molecule has 0 saturated carbocycles. The van der Waals surface area contributed by atoms with Crippen LogP contribution in [0.4, 0.5) is 0 Å². The van der Waals surface area contributed by atoms with Crippen molar-refractivity contribution < 1.29 is 9.90 Å². The van der Waals surface area contributed by atoms with Gasteiger partial charge in [0.1, 0.15) is 5.82 Å². The highest BCUT2D eigenvalue weighted by atomic mass is 35.5. The van der Waals surface area contributed by atoms with Gasteiger partial charge < -0.3 is 5.11 Å². The van der Waals surface area contributed by atoms with Crippen LogP contribution >= 0.6 is 24.8 Å². The Morgan fingerprint density at radius 2 is 1.85 bits per heavy atom. The number of rotatable bonds is 3. The maximum atomic E-state index is 10.1. The van der Waals surface area contributed by atoms with E-state index >= 15 is 0 Å². The second kappa shape index (κ2) is 7.76. The molecule has 0 aliphatic heterocycles. The van der Waals surface area contributed by atoms with Gasteiger partial charge in [0, 0.05) is 18.8 Å². The smallest absolute Gasteiger partial charge is 0.303 e. The van der Waals surface area contributed by atoms with Crippen LogP contribution in [0.3, 0.4) is 0 Å². The Kier molecular flexibility index (Phi) is 8.74. The van der Waals surface area contributed by atoms with Crippen LogP contribution in [0.25, 0.3) is 0 Å². The highest BCUT2D eigenvalue weighted by Crippen LogP contribution is 1.92. The van der Waals surface area contributed by atoms with E-state index in [2.05, 4.69) is 9.97 Å². The van der Waals surface area contributed by atoms with Gasteiger partial charge in [0.25, 0.3) is 0 Å². The number of carbonyl (C=O) groups is 1. The van der Waals surface area contributed by atoms with Gasteiger partial charge in [-0.05, 0) is 6.07 Å². The zero-order chi connectivity index (χ0) is 8.10. The van der Waals surface area contributed by atoms with Crippen LogP contribution in [0.1, 0.15) is 12.2 Å². The quantitative estimate of drug-likeness (QED) is 0.842. The molecule has 0 radical (unpaired) electrons. The van der Waals surface area contributed by atoms with Crippen molar-refractivity contribution in [3.63, 3.8) is 0 Å². The van der Waals surface area contributed by atoms with Crippen molar-refractivity contribution in [2.75, 3.05) is 0 Å². The third kappa shape index (κ3) is 6.31. The fraction of sp³-hybridized carbons (Fsp3) is 0.286. The number of aryl methyl sites for hydroxylation is 1. The van der Waals surface area contributed by atoms with Gasteiger partial charge in [0.15, 0.2) is 0 Å². The summed E-state index contributed by atoms with van der Waals surface area (Å²) >= 11 is 0. The van der Waals surface area contributed by atoms with Crippen LogP contribution in [-0.2, 0) is 11.2 Å². The second-order valence-electron chi connectivity index (χ2n) is 2.06. The molecule has 0 bridgehead atoms. The molecular weight excluding hydrogens is 215 g/mol. The van der Waals surface area contributed by atoms with Crippen molar-refractivity contribution in [3.05, 3.63) is 24.3 Å². The summed E-state index contributed by atoms with van der Waals surface area (Å²) in [6.45, 7) is 0. The Balaban J connectivity index is 0. The average Bonchev–Trinajstić information content (AvgIpc) is 2.03. The average molecular weight is 225 g/mol. The lowest BCUT2D eigenvalue weighted by Crippen LogP contribution is -2.00. The second-order valence-corrected chi connectivity index (χ2v) is 2.06. The fourth-order valence-electron chi connectivity index (χ4n) is 0.678. The summed E-state index contributed by atoms with van der Waals surface area (Å²) in [5, 5.41) is 8.32. The molecule has 0 fully saturated rings. The molecule has 74 valence electrons. The van der Waals surface area contributed by atoms with E-state index < -0.39 is 5.97 Å². The summed E-state index contributed by atoms with van der Waals surface area (Å²) in [5.41, 5.74) is 0. The van der Waals surface area contributed by atoms with Gasteiger partial charge in [-0.15, -0.1) is 24.8 Å². The monoisotopic (exact) mass is 224 g/mol. The minimum atomic E-state index is -0.822. The minimum Gasteiger partial charge on any atom is -0.481 e. The van der Waals surface area contributed by atoms with Gasteiger partial charge in [0.2, 0.25) is 0 Å². The summed E-state index contributed by atoms with van der Waals surface area (Å²) in [6.07, 6.45) is 3.69. The van der Waals surface area contributed by atoms with Crippen LogP contribution in [-0.4, -0.2) is 21.0 Å². The topological polar surface area (TPSA) is 63.1 Å². The first-order chi connectivity index (χ1) is 5.29. The summed E-state index contributed by atoms with van der Waals surface area (Å²) in [4.78, 5) is 17.9. The Labute approximate surface area is 88.2 Å². The molecule has 0 amide bonds. The highest BCUT2D eigenvalue weighted by Gasteiger charge is 1.99. The molecule has 0 spiro atoms. The molecule has 4 nitrogen and oxygen atoms in total. The number of hydrogen-bond donors (Lipinski definition) is 1. The maximum absolute atomic E-state index is 10.1. The number of hydrogen-bond acceptors (Lipinski definition) is 3. The maximum Gasteiger partial charge on any atom is 0.303 e. The predicted molar refractivity (Wildman–Crippen MR) is 52.5 cm³/mol. The van der Waals surface area contributed by atoms with E-state index in [-0.39, 0.29) is 31.2 Å². The summed E-state index contributed by atoms with van der Waals surface area (Å²) in [7, 11) is 0. The number of carboxylic acids is 1. The molecule has 0 aromatic carbocycles. The molecule has 1 heterocycles. The molecule has 0 atom stereocenters. The molecule has 0 aliphatic rings. The largest absolute Gasteiger partial charge is 0.481 e. The molecule has 13 heavy (non-hydrogen) atoms. The van der Waals surface area contributed by atoms with E-state index in [1.54, 1.807) is 18.5 Å². The minimum absolute atomic E-state index is 0. The van der Waals surface area contributed by atoms with E-state index in [0.717, 1.165) is 0 Å². The van der Waals surface area contributed by atoms with Crippen molar-refractivity contribution in [3.8, 4) is 0 Å². The van der Waals surface area contributed by atoms with Gasteiger partial charge in [-0.1, -0.05) is 0 Å². The summed E-state index contributed by atoms with van der Waals surface area (Å²) < 4.78 is 0. The summed E-state index contributed by atoms with van der Waals surface area (Å²) in [6, 6.07) is 1.70. The fourth-order valence-corrected chi connectivity index (χ4v) is 0.678. The molecule has 0 saturated heterocycles. The number of carboxylic acid groups (broad SMARTS) is 1. The molecule has 0 aliphatic carbocycles. The predicted octanol–water partition coefficient (Wildman–Crippen LogP) is 1.34. The first-order valence-corrected chi connectivity index (χ1v) is 3.27. The Bertz CT molecular complexity index is 244. The van der Waals surface area contributed by atoms with Crippen molar-refractivity contribution in [2.24, 2.45) is 0 Å². The van der Waals surface area contributed by atoms with E-state index in [1.807, 2.05) is 0 Å². The van der Waals surface area contributed by atoms with E-state index in [1.165, 1.54) is 0 Å². The third-order valence-corrected chi connectivity index (χ3v) is 1.18. The lowest BCUT2D eigenvalue weighted by atomic mass is 10.3. The normalized spacial score (nSPS) is 8.00. The van der Waals surface area contributed by atoms with Crippen LogP contribution < -0.4 is 0 Å². The Morgan fingerprint density at radius 3 is 2.31 bits per heavy atom. The van der Waals surface area contributed by atoms with Crippen molar-refractivity contribution >= 4 is 30.8 Å². The third-order valence-electron chi connectivity index (χ3n) is 1.18. The van der Waals surface area contributed by atoms with Crippen LogP contribution in [0.5, 0.6) is 0 Å². The molecular formula is C7H10Cl2N2O2. The number of aromatic nitrogens is 2. The van der Waals surface area contributed by atoms with Gasteiger partial charge in [-0.25, -0.2) is 9.97 Å². The van der Waals surface area contributed by atoms with E-state index in [9.17, 15) is 4.79 Å². The number of nitrogens with zero attached hydrogens (tertiary/aromatic N) is 2. The van der Waals surface area contributed by atoms with Crippen LogP contribution in [0.2, 0.25) is 0 Å². The van der Waals surface area contributed by atoms with Crippen molar-refractivity contribution in [1.82, 2.24) is 9.97 Å². The van der Waals surface area contributed by atoms with Gasteiger partial charge >= 0.3 is 5.97 Å². The van der Waals surface area contributed by atoms with E-state index in [0.29, 0.717) is 12.2 Å². The van der Waals surface area contributed by atoms with Crippen LogP contribution in [0.15, 0.2) is 18.5 Å². The van der Waals surface area contributed by atoms with Crippen LogP contribution in [0, 0.1) is 0 Å². The molecule has 1 N–H and O–H groups in total. The molecule has 1 rings (SSSR count). The van der Waals surface area contributed by atoms with Crippen molar-refractivity contribution in [2.45, 2.75) is 12.8 Å². The van der Waals surface area contributed by atoms with Gasteiger partial charge in [-0.3, -0.25) is 4.79 Å². The highest BCUT2D eigenvalue weighted by molar-refractivity contribution is 5.85. The number of halogens is 2. The Hall–Kier alpha value is -0.870. The Morgan fingerprint density at radius 1 is 1.31 bits per heavy atom. The van der Waals surface area contributed by atoms with E-state index in [4.69, 9.17) is 5.11 Å². The standard InChI is InChI=1S/C7H8N2O2.2ClH/c10-7(11)3-2-6-8-4-1-5-9-6;;/h1,4-5H,2-3H2,(H,10,11);2*1H. The van der Waals surface area contributed by atoms with Crippen molar-refractivity contribution in [1.29, 1.82) is 0 Å². The summed E-state index contributed by atoms with van der Waals surface area (Å²) in [5.74, 6) is -0.243. The molecule has 1 aromatic rings. The molecule has 0 unspecified atom stereocenters. The SMILES string of the molecule is Cl.Cl.O=C(O)CCc1ncccn1. The molecule has 6 heteroatoms. The number of aliphatic carboxylic acids is 1. The zero-order valence-corrected chi connectivity index (χ0v) is 8.35. The first-order valence-electron chi connectivity index (χ1n) is 3.27. The first kappa shape index (κ1) is 14.6. The zero-order valence-electron chi connectivity index (χ0n) is 6.71. The molecule has 1 aromatic heterocycles. The lowest BCUT2D eigenvalue weighted by Gasteiger charge is -1.93. The van der Waals surface area contributed by atoms with Gasteiger partial charge in [-0.2, -0.15) is 0 Å².